The van der Waals surface area contributed by atoms with Crippen LogP contribution >= 0.6 is 0 Å². The minimum absolute atomic E-state index is 0.0474. The third kappa shape index (κ3) is 2.96. The minimum atomic E-state index is -0.568. The smallest absolute Gasteiger partial charge is 0.265 e. The van der Waals surface area contributed by atoms with Crippen LogP contribution in [0, 0.1) is 5.82 Å². The van der Waals surface area contributed by atoms with Crippen molar-refractivity contribution in [3.63, 3.8) is 0 Å². The first-order chi connectivity index (χ1) is 8.56. The van der Waals surface area contributed by atoms with E-state index in [9.17, 15) is 9.18 Å². The zero-order valence-electron chi connectivity index (χ0n) is 10.3. The molecule has 5 nitrogen and oxygen atoms in total. The zero-order chi connectivity index (χ0) is 13.1. The quantitative estimate of drug-likeness (QED) is 0.743. The molecule has 0 aromatic heterocycles. The van der Waals surface area contributed by atoms with Gasteiger partial charge in [-0.15, -0.1) is 0 Å². The largest absolute Gasteiger partial charge is 0.396 e. The van der Waals surface area contributed by atoms with Gasteiger partial charge < -0.3 is 10.6 Å². The van der Waals surface area contributed by atoms with Crippen LogP contribution in [0.2, 0.25) is 0 Å². The lowest BCUT2D eigenvalue weighted by molar-refractivity contribution is 0.0662. The van der Waals surface area contributed by atoms with Gasteiger partial charge in [0.25, 0.3) is 5.91 Å². The number of carbonyl (C=O) groups is 1. The Morgan fingerprint density at radius 1 is 1.33 bits per heavy atom. The Morgan fingerprint density at radius 2 is 2.00 bits per heavy atom. The Labute approximate surface area is 105 Å². The average molecular weight is 252 g/mol. The van der Waals surface area contributed by atoms with Crippen LogP contribution in [0.25, 0.3) is 0 Å². The number of nitrogens with two attached hydrogens (primary N) is 1. The molecule has 1 aromatic carbocycles. The lowest BCUT2D eigenvalue weighted by Crippen LogP contribution is -2.52. The Bertz CT molecular complexity index is 444. The highest BCUT2D eigenvalue weighted by atomic mass is 19.1. The van der Waals surface area contributed by atoms with Gasteiger partial charge in [-0.1, -0.05) is 0 Å². The molecular weight excluding hydrogens is 235 g/mol. The van der Waals surface area contributed by atoms with Crippen molar-refractivity contribution in [1.82, 2.24) is 15.3 Å². The van der Waals surface area contributed by atoms with E-state index in [0.29, 0.717) is 0 Å². The lowest BCUT2D eigenvalue weighted by atomic mass is 10.2. The molecular formula is C12H17FN4O. The molecule has 1 aliphatic rings. The molecule has 0 atom stereocenters. The lowest BCUT2D eigenvalue weighted by Gasteiger charge is -2.32. The molecule has 0 radical (unpaired) electrons. The van der Waals surface area contributed by atoms with Crippen LogP contribution in [-0.2, 0) is 0 Å². The Hall–Kier alpha value is -1.66. The number of benzene rings is 1. The molecule has 0 unspecified atom stereocenters. The van der Waals surface area contributed by atoms with E-state index in [1.807, 2.05) is 12.1 Å². The number of hydrazine groups is 1. The molecule has 2 rings (SSSR count). The first-order valence-corrected chi connectivity index (χ1v) is 5.86. The van der Waals surface area contributed by atoms with Crippen LogP contribution in [0.4, 0.5) is 10.1 Å². The summed E-state index contributed by atoms with van der Waals surface area (Å²) in [7, 11) is 2.04. The molecule has 1 amide bonds. The summed E-state index contributed by atoms with van der Waals surface area (Å²) in [6.07, 6.45) is 0. The summed E-state index contributed by atoms with van der Waals surface area (Å²) >= 11 is 0. The summed E-state index contributed by atoms with van der Waals surface area (Å²) in [6, 6.07) is 4.07. The highest BCUT2D eigenvalue weighted by molar-refractivity contribution is 5.94. The summed E-state index contributed by atoms with van der Waals surface area (Å²) in [6.45, 7) is 3.33. The first-order valence-electron chi connectivity index (χ1n) is 5.86. The number of anilines is 1. The molecule has 0 saturated carbocycles. The fourth-order valence-corrected chi connectivity index (χ4v) is 1.79. The molecule has 6 heteroatoms. The number of piperazine rings is 1. The number of amides is 1. The van der Waals surface area contributed by atoms with Gasteiger partial charge in [-0.2, -0.15) is 0 Å². The van der Waals surface area contributed by atoms with Crippen molar-refractivity contribution < 1.29 is 9.18 Å². The monoisotopic (exact) mass is 252 g/mol. The number of halogens is 1. The van der Waals surface area contributed by atoms with E-state index in [4.69, 9.17) is 5.73 Å². The number of rotatable bonds is 2. The van der Waals surface area contributed by atoms with Crippen LogP contribution in [0.15, 0.2) is 18.2 Å². The second-order valence-corrected chi connectivity index (χ2v) is 4.47. The second kappa shape index (κ2) is 5.32. The minimum Gasteiger partial charge on any atom is -0.396 e. The summed E-state index contributed by atoms with van der Waals surface area (Å²) < 4.78 is 13.2. The van der Waals surface area contributed by atoms with Crippen molar-refractivity contribution in [2.24, 2.45) is 0 Å². The van der Waals surface area contributed by atoms with Gasteiger partial charge in [-0.25, -0.2) is 9.40 Å². The molecule has 0 bridgehead atoms. The predicted octanol–water partition coefficient (Wildman–Crippen LogP) is 0.300. The van der Waals surface area contributed by atoms with Gasteiger partial charge in [-0.3, -0.25) is 10.2 Å². The van der Waals surface area contributed by atoms with E-state index in [1.165, 1.54) is 12.1 Å². The molecule has 0 spiro atoms. The summed E-state index contributed by atoms with van der Waals surface area (Å²) in [4.78, 5) is 14.1. The molecule has 1 saturated heterocycles. The van der Waals surface area contributed by atoms with Gasteiger partial charge in [0.1, 0.15) is 5.82 Å². The maximum Gasteiger partial charge on any atom is 0.265 e. The third-order valence-electron chi connectivity index (χ3n) is 3.03. The van der Waals surface area contributed by atoms with Crippen molar-refractivity contribution >= 4 is 11.6 Å². The number of hydrogen-bond donors (Lipinski definition) is 2. The maximum atomic E-state index is 13.2. The van der Waals surface area contributed by atoms with Gasteiger partial charge in [-0.05, 0) is 25.2 Å². The molecule has 3 N–H and O–H groups in total. The van der Waals surface area contributed by atoms with Crippen molar-refractivity contribution in [3.05, 3.63) is 29.6 Å². The van der Waals surface area contributed by atoms with Crippen LogP contribution in [0.5, 0.6) is 0 Å². The maximum absolute atomic E-state index is 13.2. The fraction of sp³-hybridized carbons (Fsp3) is 0.417. The van der Waals surface area contributed by atoms with Gasteiger partial charge in [0.05, 0.1) is 5.69 Å². The summed E-state index contributed by atoms with van der Waals surface area (Å²) in [5.74, 6) is -0.875. The van der Waals surface area contributed by atoms with Crippen molar-refractivity contribution in [1.29, 1.82) is 0 Å². The van der Waals surface area contributed by atoms with E-state index in [1.54, 1.807) is 0 Å². The van der Waals surface area contributed by atoms with Crippen LogP contribution in [-0.4, -0.2) is 49.0 Å². The van der Waals surface area contributed by atoms with E-state index in [-0.39, 0.29) is 17.2 Å². The van der Waals surface area contributed by atoms with Crippen LogP contribution in [0.1, 0.15) is 10.4 Å². The summed E-state index contributed by atoms with van der Waals surface area (Å²) in [5, 5.41) is 1.84. The first kappa shape index (κ1) is 12.8. The topological polar surface area (TPSA) is 61.6 Å². The van der Waals surface area contributed by atoms with Gasteiger partial charge in [0.2, 0.25) is 0 Å². The molecule has 1 heterocycles. The predicted molar refractivity (Wildman–Crippen MR) is 67.3 cm³/mol. The molecule has 98 valence electrons. The highest BCUT2D eigenvalue weighted by Crippen LogP contribution is 2.12. The highest BCUT2D eigenvalue weighted by Gasteiger charge is 2.17. The van der Waals surface area contributed by atoms with E-state index in [0.717, 1.165) is 32.2 Å². The van der Waals surface area contributed by atoms with Crippen molar-refractivity contribution in [2.75, 3.05) is 39.0 Å². The Balaban J connectivity index is 1.97. The number of carbonyl (C=O) groups excluding carboxylic acids is 1. The fourth-order valence-electron chi connectivity index (χ4n) is 1.79. The van der Waals surface area contributed by atoms with Crippen LogP contribution < -0.4 is 11.2 Å². The Kier molecular flexibility index (Phi) is 3.78. The van der Waals surface area contributed by atoms with Gasteiger partial charge in [0, 0.05) is 31.7 Å². The van der Waals surface area contributed by atoms with E-state index < -0.39 is 5.82 Å². The number of nitrogen functional groups attached to an aromatic ring is 1. The molecule has 0 aliphatic carbocycles. The summed E-state index contributed by atoms with van der Waals surface area (Å²) in [5.41, 5.74) is 8.45. The zero-order valence-corrected chi connectivity index (χ0v) is 10.3. The van der Waals surface area contributed by atoms with Crippen LogP contribution in [0.3, 0.4) is 0 Å². The molecule has 1 aromatic rings. The number of likely N-dealkylation sites (N-methyl/N-ethyl adjacent to an activating group) is 1. The SMILES string of the molecule is CN1CCN(NC(=O)c2ccc(N)c(F)c2)CC1. The normalized spacial score (nSPS) is 17.7. The standard InChI is InChI=1S/C12H17FN4O/c1-16-4-6-17(7-5-16)15-12(18)9-2-3-11(14)10(13)8-9/h2-3,8H,4-7,14H2,1H3,(H,15,18). The number of nitrogens with one attached hydrogen (secondary N) is 1. The van der Waals surface area contributed by atoms with E-state index >= 15 is 0 Å². The molecule has 18 heavy (non-hydrogen) atoms. The van der Waals surface area contributed by atoms with Gasteiger partial charge >= 0.3 is 0 Å². The van der Waals surface area contributed by atoms with Gasteiger partial charge in [0.15, 0.2) is 0 Å². The molecule has 1 fully saturated rings. The van der Waals surface area contributed by atoms with Crippen molar-refractivity contribution in [3.8, 4) is 0 Å². The third-order valence-corrected chi connectivity index (χ3v) is 3.03. The second-order valence-electron chi connectivity index (χ2n) is 4.47. The Morgan fingerprint density at radius 3 is 2.61 bits per heavy atom. The average Bonchev–Trinajstić information content (AvgIpc) is 2.35. The number of nitrogens with zero attached hydrogens (tertiary/aromatic N) is 2. The van der Waals surface area contributed by atoms with Crippen molar-refractivity contribution in [2.45, 2.75) is 0 Å². The number of hydrogen-bond acceptors (Lipinski definition) is 4. The molecule has 1 aliphatic heterocycles. The van der Waals surface area contributed by atoms with E-state index in [2.05, 4.69) is 10.3 Å².